The second-order valence-electron chi connectivity index (χ2n) is 4.50. The van der Waals surface area contributed by atoms with Gasteiger partial charge in [0, 0.05) is 20.1 Å². The number of benzene rings is 1. The molecule has 1 aliphatic heterocycles. The van der Waals surface area contributed by atoms with Crippen LogP contribution in [0.4, 0.5) is 10.5 Å². The van der Waals surface area contributed by atoms with Crippen LogP contribution >= 0.6 is 0 Å². The van der Waals surface area contributed by atoms with Crippen molar-refractivity contribution < 1.29 is 11.0 Å². The van der Waals surface area contributed by atoms with Crippen molar-refractivity contribution in [2.24, 2.45) is 0 Å². The van der Waals surface area contributed by atoms with Crippen molar-refractivity contribution in [1.82, 2.24) is 5.32 Å². The Kier molecular flexibility index (Phi) is 3.13. The maximum Gasteiger partial charge on any atom is 0.328 e. The van der Waals surface area contributed by atoms with Gasteiger partial charge in [-0.1, -0.05) is 26.0 Å². The van der Waals surface area contributed by atoms with Crippen LogP contribution in [0.1, 0.15) is 33.2 Å². The van der Waals surface area contributed by atoms with Crippen molar-refractivity contribution in [1.29, 1.82) is 0 Å². The molecule has 1 aromatic rings. The molecule has 0 atom stereocenters. The molecule has 1 fully saturated rings. The van der Waals surface area contributed by atoms with Gasteiger partial charge in [0.05, 0.1) is 0 Å². The molecular weight excluding hydrogens is 216 g/mol. The molecule has 0 spiro atoms. The molecule has 0 saturated carbocycles. The van der Waals surface area contributed by atoms with Crippen molar-refractivity contribution in [3.8, 4) is 0 Å². The standard InChI is InChI=1S/C13H16N2O2.H2/c1-9(2)10-3-5-11(6-4-10)15-8-7-12(16)14-13(15)17;/h3-6,9H,7-8H2,1-2H3,(H,14,16,17);1H. The zero-order valence-electron chi connectivity index (χ0n) is 10.1. The van der Waals surface area contributed by atoms with E-state index in [1.54, 1.807) is 4.90 Å². The highest BCUT2D eigenvalue weighted by molar-refractivity contribution is 6.05. The van der Waals surface area contributed by atoms with Crippen molar-refractivity contribution in [3.63, 3.8) is 0 Å². The molecule has 4 nitrogen and oxygen atoms in total. The third-order valence-electron chi connectivity index (χ3n) is 2.93. The van der Waals surface area contributed by atoms with Gasteiger partial charge in [0.25, 0.3) is 0 Å². The van der Waals surface area contributed by atoms with Crippen LogP contribution in [0.15, 0.2) is 24.3 Å². The maximum atomic E-state index is 11.6. The number of nitrogens with one attached hydrogen (secondary N) is 1. The minimum Gasteiger partial charge on any atom is -0.294 e. The van der Waals surface area contributed by atoms with Gasteiger partial charge in [0.1, 0.15) is 0 Å². The summed E-state index contributed by atoms with van der Waals surface area (Å²) in [6.07, 6.45) is 0.359. The molecule has 92 valence electrons. The lowest BCUT2D eigenvalue weighted by Gasteiger charge is -2.26. The van der Waals surface area contributed by atoms with E-state index in [-0.39, 0.29) is 13.4 Å². The average Bonchev–Trinajstić information content (AvgIpc) is 2.29. The molecular formula is C13H18N2O2. The van der Waals surface area contributed by atoms with Gasteiger partial charge in [-0.3, -0.25) is 15.0 Å². The smallest absolute Gasteiger partial charge is 0.294 e. The van der Waals surface area contributed by atoms with E-state index in [1.165, 1.54) is 5.56 Å². The number of anilines is 1. The molecule has 1 aromatic carbocycles. The largest absolute Gasteiger partial charge is 0.328 e. The number of hydrogen-bond acceptors (Lipinski definition) is 2. The lowest BCUT2D eigenvalue weighted by molar-refractivity contribution is -0.120. The van der Waals surface area contributed by atoms with Gasteiger partial charge in [-0.2, -0.15) is 0 Å². The van der Waals surface area contributed by atoms with Gasteiger partial charge in [-0.05, 0) is 23.6 Å². The molecule has 1 saturated heterocycles. The summed E-state index contributed by atoms with van der Waals surface area (Å²) in [5, 5.41) is 2.31. The fraction of sp³-hybridized carbons (Fsp3) is 0.385. The Morgan fingerprint density at radius 2 is 1.88 bits per heavy atom. The molecule has 2 rings (SSSR count). The third kappa shape index (κ3) is 2.46. The molecule has 0 radical (unpaired) electrons. The fourth-order valence-electron chi connectivity index (χ4n) is 1.85. The molecule has 1 N–H and O–H groups in total. The number of urea groups is 1. The van der Waals surface area contributed by atoms with E-state index in [1.807, 2.05) is 24.3 Å². The van der Waals surface area contributed by atoms with Crippen LogP contribution in [0.3, 0.4) is 0 Å². The van der Waals surface area contributed by atoms with Crippen LogP contribution in [-0.4, -0.2) is 18.5 Å². The number of carbonyl (C=O) groups excluding carboxylic acids is 2. The predicted molar refractivity (Wildman–Crippen MR) is 68.1 cm³/mol. The summed E-state index contributed by atoms with van der Waals surface area (Å²) in [6.45, 7) is 4.70. The van der Waals surface area contributed by atoms with Gasteiger partial charge in [-0.25, -0.2) is 4.79 Å². The van der Waals surface area contributed by atoms with Crippen LogP contribution in [0.25, 0.3) is 0 Å². The van der Waals surface area contributed by atoms with E-state index < -0.39 is 0 Å². The topological polar surface area (TPSA) is 49.4 Å². The molecule has 17 heavy (non-hydrogen) atoms. The molecule has 1 aliphatic rings. The van der Waals surface area contributed by atoms with Crippen molar-refractivity contribution >= 4 is 17.6 Å². The number of carbonyl (C=O) groups is 2. The van der Waals surface area contributed by atoms with Gasteiger partial charge < -0.3 is 0 Å². The fourth-order valence-corrected chi connectivity index (χ4v) is 1.85. The first kappa shape index (κ1) is 11.6. The predicted octanol–water partition coefficient (Wildman–Crippen LogP) is 2.50. The van der Waals surface area contributed by atoms with Crippen LogP contribution in [0.2, 0.25) is 0 Å². The normalized spacial score (nSPS) is 16.3. The summed E-state index contributed by atoms with van der Waals surface area (Å²) in [4.78, 5) is 24.2. The van der Waals surface area contributed by atoms with Gasteiger partial charge in [0.15, 0.2) is 0 Å². The molecule has 0 aromatic heterocycles. The number of hydrogen-bond donors (Lipinski definition) is 1. The number of imide groups is 1. The van der Waals surface area contributed by atoms with Gasteiger partial charge >= 0.3 is 6.03 Å². The third-order valence-corrected chi connectivity index (χ3v) is 2.93. The van der Waals surface area contributed by atoms with E-state index in [4.69, 9.17) is 0 Å². The first-order valence-electron chi connectivity index (χ1n) is 5.79. The molecule has 4 heteroatoms. The van der Waals surface area contributed by atoms with E-state index in [2.05, 4.69) is 19.2 Å². The number of nitrogens with zero attached hydrogens (tertiary/aromatic N) is 1. The lowest BCUT2D eigenvalue weighted by Crippen LogP contribution is -2.49. The van der Waals surface area contributed by atoms with E-state index in [0.29, 0.717) is 18.9 Å². The Morgan fingerprint density at radius 3 is 2.41 bits per heavy atom. The van der Waals surface area contributed by atoms with E-state index >= 15 is 0 Å². The van der Waals surface area contributed by atoms with Crippen LogP contribution in [-0.2, 0) is 4.79 Å². The molecule has 1 heterocycles. The Hall–Kier alpha value is -1.84. The summed E-state index contributed by atoms with van der Waals surface area (Å²) in [5.41, 5.74) is 2.07. The monoisotopic (exact) mass is 234 g/mol. The van der Waals surface area contributed by atoms with E-state index in [0.717, 1.165) is 5.69 Å². The summed E-state index contributed by atoms with van der Waals surface area (Å²) < 4.78 is 0. The zero-order chi connectivity index (χ0) is 12.4. The molecule has 0 bridgehead atoms. The van der Waals surface area contributed by atoms with Gasteiger partial charge in [-0.15, -0.1) is 0 Å². The highest BCUT2D eigenvalue weighted by Gasteiger charge is 2.23. The van der Waals surface area contributed by atoms with Crippen LogP contribution in [0, 0.1) is 0 Å². The highest BCUT2D eigenvalue weighted by Crippen LogP contribution is 2.21. The Labute approximate surface area is 102 Å². The Morgan fingerprint density at radius 1 is 1.24 bits per heavy atom. The van der Waals surface area contributed by atoms with Crippen molar-refractivity contribution in [3.05, 3.63) is 29.8 Å². The molecule has 3 amide bonds. The second kappa shape index (κ2) is 4.57. The van der Waals surface area contributed by atoms with Gasteiger partial charge in [0.2, 0.25) is 5.91 Å². The lowest BCUT2D eigenvalue weighted by atomic mass is 10.0. The summed E-state index contributed by atoms with van der Waals surface area (Å²) in [6, 6.07) is 7.54. The maximum absolute atomic E-state index is 11.6. The zero-order valence-corrected chi connectivity index (χ0v) is 10.1. The van der Waals surface area contributed by atoms with Crippen LogP contribution in [0.5, 0.6) is 0 Å². The molecule has 0 aliphatic carbocycles. The summed E-state index contributed by atoms with van der Waals surface area (Å²) in [5.74, 6) is 0.269. The van der Waals surface area contributed by atoms with Crippen molar-refractivity contribution in [2.75, 3.05) is 11.4 Å². The Bertz CT molecular complexity index is 443. The Balaban J connectivity index is 0.00000162. The highest BCUT2D eigenvalue weighted by atomic mass is 16.2. The first-order chi connectivity index (χ1) is 8.08. The minimum atomic E-state index is -0.335. The number of amides is 3. The quantitative estimate of drug-likeness (QED) is 0.854. The molecule has 0 unspecified atom stereocenters. The van der Waals surface area contributed by atoms with Crippen LogP contribution < -0.4 is 10.2 Å². The summed E-state index contributed by atoms with van der Waals surface area (Å²) >= 11 is 0. The van der Waals surface area contributed by atoms with E-state index in [9.17, 15) is 9.59 Å². The minimum absolute atomic E-state index is 0. The summed E-state index contributed by atoms with van der Waals surface area (Å²) in [7, 11) is 0. The van der Waals surface area contributed by atoms with Crippen molar-refractivity contribution in [2.45, 2.75) is 26.2 Å². The SMILES string of the molecule is CC(C)c1ccc(N2CCC(=O)NC2=O)cc1.[HH]. The number of rotatable bonds is 2. The average molecular weight is 234 g/mol. The second-order valence-corrected chi connectivity index (χ2v) is 4.50. The first-order valence-corrected chi connectivity index (χ1v) is 5.79.